The molecule has 0 saturated carbocycles. The first-order valence-corrected chi connectivity index (χ1v) is 5.65. The Morgan fingerprint density at radius 1 is 1.47 bits per heavy atom. The second kappa shape index (κ2) is 5.05. The normalized spacial score (nSPS) is 10.5. The van der Waals surface area contributed by atoms with E-state index in [1.54, 1.807) is 18.6 Å². The highest BCUT2D eigenvalue weighted by molar-refractivity contribution is 6.33. The molecule has 2 aromatic rings. The Kier molecular flexibility index (Phi) is 3.49. The summed E-state index contributed by atoms with van der Waals surface area (Å²) in [4.78, 5) is 8.14. The number of aromatic nitrogens is 3. The Morgan fingerprint density at radius 3 is 2.94 bits per heavy atom. The van der Waals surface area contributed by atoms with Crippen LogP contribution < -0.4 is 11.1 Å². The number of aryl methyl sites for hydroxylation is 1. The molecule has 0 aliphatic carbocycles. The maximum atomic E-state index is 6.00. The lowest BCUT2D eigenvalue weighted by Crippen LogP contribution is -2.10. The number of halogens is 1. The topological polar surface area (TPSA) is 68.8 Å². The third-order valence-corrected chi connectivity index (χ3v) is 2.79. The summed E-state index contributed by atoms with van der Waals surface area (Å²) in [6, 6.07) is 0. The van der Waals surface area contributed by atoms with Gasteiger partial charge in [-0.25, -0.2) is 4.98 Å². The van der Waals surface area contributed by atoms with Crippen molar-refractivity contribution in [1.29, 1.82) is 0 Å². The van der Waals surface area contributed by atoms with Gasteiger partial charge in [0.1, 0.15) is 5.82 Å². The van der Waals surface area contributed by atoms with Crippen LogP contribution in [-0.4, -0.2) is 21.1 Å². The molecule has 0 aromatic carbocycles. The van der Waals surface area contributed by atoms with Crippen LogP contribution in [0.2, 0.25) is 5.02 Å². The van der Waals surface area contributed by atoms with Crippen LogP contribution >= 0.6 is 11.6 Å². The van der Waals surface area contributed by atoms with Crippen molar-refractivity contribution in [2.75, 3.05) is 17.6 Å². The number of nitrogen functional groups attached to an aromatic ring is 1. The number of nitrogens with one attached hydrogen (secondary N) is 1. The lowest BCUT2D eigenvalue weighted by Gasteiger charge is -2.10. The molecular formula is C11H14ClN5. The second-order valence-corrected chi connectivity index (χ2v) is 4.12. The molecular weight excluding hydrogens is 238 g/mol. The predicted molar refractivity (Wildman–Crippen MR) is 69.1 cm³/mol. The van der Waals surface area contributed by atoms with E-state index < -0.39 is 0 Å². The SMILES string of the molecule is Cn1ccnc1CCNc1c(N)cncc1Cl. The number of hydrogen-bond donors (Lipinski definition) is 2. The molecule has 3 N–H and O–H groups in total. The molecule has 0 fully saturated rings. The number of nitrogens with two attached hydrogens (primary N) is 1. The van der Waals surface area contributed by atoms with Crippen molar-refractivity contribution < 1.29 is 0 Å². The largest absolute Gasteiger partial charge is 0.396 e. The first-order valence-electron chi connectivity index (χ1n) is 5.27. The Labute approximate surface area is 105 Å². The van der Waals surface area contributed by atoms with Gasteiger partial charge in [0.2, 0.25) is 0 Å². The standard InChI is InChI=1S/C11H14ClN5/c1-17-5-4-15-10(17)2-3-16-11-8(12)6-14-7-9(11)13/h4-7H,2-3,13H2,1H3,(H,14,16). The molecule has 2 aromatic heterocycles. The number of rotatable bonds is 4. The zero-order valence-electron chi connectivity index (χ0n) is 9.52. The van der Waals surface area contributed by atoms with Crippen molar-refractivity contribution in [3.8, 4) is 0 Å². The molecule has 0 spiro atoms. The van der Waals surface area contributed by atoms with Crippen molar-refractivity contribution in [2.45, 2.75) is 6.42 Å². The van der Waals surface area contributed by atoms with Crippen LogP contribution in [0.25, 0.3) is 0 Å². The van der Waals surface area contributed by atoms with Crippen molar-refractivity contribution in [1.82, 2.24) is 14.5 Å². The summed E-state index contributed by atoms with van der Waals surface area (Å²) in [5, 5.41) is 3.73. The Hall–Kier alpha value is -1.75. The van der Waals surface area contributed by atoms with E-state index in [0.29, 0.717) is 10.7 Å². The molecule has 6 heteroatoms. The molecule has 0 bridgehead atoms. The summed E-state index contributed by atoms with van der Waals surface area (Å²) < 4.78 is 1.99. The molecule has 0 saturated heterocycles. The quantitative estimate of drug-likeness (QED) is 0.868. The molecule has 0 radical (unpaired) electrons. The Morgan fingerprint density at radius 2 is 2.29 bits per heavy atom. The van der Waals surface area contributed by atoms with E-state index in [9.17, 15) is 0 Å². The van der Waals surface area contributed by atoms with Gasteiger partial charge in [0.15, 0.2) is 0 Å². The van der Waals surface area contributed by atoms with E-state index in [4.69, 9.17) is 17.3 Å². The number of nitrogens with zero attached hydrogens (tertiary/aromatic N) is 3. The van der Waals surface area contributed by atoms with Crippen molar-refractivity contribution in [2.24, 2.45) is 7.05 Å². The van der Waals surface area contributed by atoms with E-state index in [1.165, 1.54) is 0 Å². The van der Waals surface area contributed by atoms with Crippen molar-refractivity contribution in [3.05, 3.63) is 35.6 Å². The number of hydrogen-bond acceptors (Lipinski definition) is 4. The number of anilines is 2. The molecule has 17 heavy (non-hydrogen) atoms. The summed E-state index contributed by atoms with van der Waals surface area (Å²) in [6.45, 7) is 0.721. The van der Waals surface area contributed by atoms with Gasteiger partial charge in [-0.2, -0.15) is 0 Å². The smallest absolute Gasteiger partial charge is 0.110 e. The van der Waals surface area contributed by atoms with Gasteiger partial charge in [0.05, 0.1) is 22.6 Å². The van der Waals surface area contributed by atoms with Crippen LogP contribution in [0.4, 0.5) is 11.4 Å². The van der Waals surface area contributed by atoms with Gasteiger partial charge in [-0.1, -0.05) is 11.6 Å². The second-order valence-electron chi connectivity index (χ2n) is 3.72. The molecule has 2 rings (SSSR count). The minimum atomic E-state index is 0.532. The molecule has 0 aliphatic rings. The molecule has 0 aliphatic heterocycles. The molecule has 0 unspecified atom stereocenters. The molecule has 0 atom stereocenters. The average molecular weight is 252 g/mol. The Balaban J connectivity index is 1.97. The van der Waals surface area contributed by atoms with Crippen molar-refractivity contribution >= 4 is 23.0 Å². The lowest BCUT2D eigenvalue weighted by molar-refractivity contribution is 0.790. The summed E-state index contributed by atoms with van der Waals surface area (Å²) in [5.41, 5.74) is 7.07. The van der Waals surface area contributed by atoms with E-state index in [0.717, 1.165) is 24.5 Å². The minimum Gasteiger partial charge on any atom is -0.396 e. The lowest BCUT2D eigenvalue weighted by atomic mass is 10.3. The molecule has 0 amide bonds. The monoisotopic (exact) mass is 251 g/mol. The van der Waals surface area contributed by atoms with Crippen LogP contribution in [0.1, 0.15) is 5.82 Å². The molecule has 5 nitrogen and oxygen atoms in total. The zero-order valence-corrected chi connectivity index (χ0v) is 10.3. The fraction of sp³-hybridized carbons (Fsp3) is 0.273. The van der Waals surface area contributed by atoms with Crippen LogP contribution in [0, 0.1) is 0 Å². The van der Waals surface area contributed by atoms with Crippen molar-refractivity contribution in [3.63, 3.8) is 0 Å². The fourth-order valence-electron chi connectivity index (χ4n) is 1.57. The number of imidazole rings is 1. The third kappa shape index (κ3) is 2.68. The van der Waals surface area contributed by atoms with E-state index in [2.05, 4.69) is 15.3 Å². The van der Waals surface area contributed by atoms with Gasteiger partial charge in [0, 0.05) is 38.6 Å². The van der Waals surface area contributed by atoms with E-state index >= 15 is 0 Å². The van der Waals surface area contributed by atoms with Gasteiger partial charge in [-0.05, 0) is 0 Å². The maximum absolute atomic E-state index is 6.00. The van der Waals surface area contributed by atoms with E-state index in [1.807, 2.05) is 17.8 Å². The van der Waals surface area contributed by atoms with Gasteiger partial charge >= 0.3 is 0 Å². The van der Waals surface area contributed by atoms with Crippen LogP contribution in [0.3, 0.4) is 0 Å². The molecule has 2 heterocycles. The van der Waals surface area contributed by atoms with Crippen LogP contribution in [0.15, 0.2) is 24.8 Å². The highest BCUT2D eigenvalue weighted by atomic mass is 35.5. The third-order valence-electron chi connectivity index (χ3n) is 2.50. The van der Waals surface area contributed by atoms with E-state index in [-0.39, 0.29) is 0 Å². The van der Waals surface area contributed by atoms with Gasteiger partial charge in [-0.15, -0.1) is 0 Å². The number of pyridine rings is 1. The Bertz CT molecular complexity index is 488. The minimum absolute atomic E-state index is 0.532. The first-order chi connectivity index (χ1) is 8.18. The van der Waals surface area contributed by atoms with Gasteiger partial charge < -0.3 is 15.6 Å². The van der Waals surface area contributed by atoms with Crippen LogP contribution in [-0.2, 0) is 13.5 Å². The summed E-state index contributed by atoms with van der Waals surface area (Å²) in [6.07, 6.45) is 7.66. The molecule has 90 valence electrons. The average Bonchev–Trinajstić information content (AvgIpc) is 2.69. The highest BCUT2D eigenvalue weighted by Gasteiger charge is 2.05. The first kappa shape index (κ1) is 11.7. The maximum Gasteiger partial charge on any atom is 0.110 e. The fourth-order valence-corrected chi connectivity index (χ4v) is 1.81. The summed E-state index contributed by atoms with van der Waals surface area (Å²) in [5.74, 6) is 1.02. The zero-order chi connectivity index (χ0) is 12.3. The van der Waals surface area contributed by atoms with Gasteiger partial charge in [0.25, 0.3) is 0 Å². The highest BCUT2D eigenvalue weighted by Crippen LogP contribution is 2.26. The predicted octanol–water partition coefficient (Wildman–Crippen LogP) is 1.71. The van der Waals surface area contributed by atoms with Crippen LogP contribution in [0.5, 0.6) is 0 Å². The summed E-state index contributed by atoms with van der Waals surface area (Å²) >= 11 is 6.00. The summed E-state index contributed by atoms with van der Waals surface area (Å²) in [7, 11) is 1.97. The van der Waals surface area contributed by atoms with Gasteiger partial charge in [-0.3, -0.25) is 4.98 Å².